The molecule has 1 aromatic heterocycles. The molecule has 5 heteroatoms. The summed E-state index contributed by atoms with van der Waals surface area (Å²) in [5.41, 5.74) is 2.12. The summed E-state index contributed by atoms with van der Waals surface area (Å²) in [6, 6.07) is 10.7. The van der Waals surface area contributed by atoms with E-state index >= 15 is 0 Å². The number of ether oxygens (including phenoxy) is 1. The van der Waals surface area contributed by atoms with Gasteiger partial charge in [-0.3, -0.25) is 4.79 Å². The fourth-order valence-electron chi connectivity index (χ4n) is 3.17. The highest BCUT2D eigenvalue weighted by atomic mass is 35.5. The van der Waals surface area contributed by atoms with Gasteiger partial charge < -0.3 is 4.74 Å². The van der Waals surface area contributed by atoms with Crippen LogP contribution in [0, 0.1) is 0 Å². The van der Waals surface area contributed by atoms with Crippen LogP contribution in [0.4, 0.5) is 0 Å². The Labute approximate surface area is 152 Å². The third kappa shape index (κ3) is 4.67. The van der Waals surface area contributed by atoms with Gasteiger partial charge in [-0.2, -0.15) is 0 Å². The third-order valence-corrected chi connectivity index (χ3v) is 4.83. The number of Topliss-reactive ketones (excluding diaryl/α,β-unsaturated/α-hetero) is 1. The molecule has 1 aliphatic carbocycles. The van der Waals surface area contributed by atoms with E-state index in [-0.39, 0.29) is 18.0 Å². The lowest BCUT2D eigenvalue weighted by molar-refractivity contribution is 0.0474. The first-order valence-electron chi connectivity index (χ1n) is 8.55. The minimum atomic E-state index is -0.587. The first kappa shape index (κ1) is 17.6. The molecular formula is C20H20ClNO3. The zero-order chi connectivity index (χ0) is 17.6. The van der Waals surface area contributed by atoms with Gasteiger partial charge in [-0.25, -0.2) is 9.78 Å². The van der Waals surface area contributed by atoms with Crippen molar-refractivity contribution in [3.05, 3.63) is 64.4 Å². The summed E-state index contributed by atoms with van der Waals surface area (Å²) in [5.74, 6) is -0.199. The van der Waals surface area contributed by atoms with Crippen LogP contribution in [0.15, 0.2) is 42.6 Å². The van der Waals surface area contributed by atoms with Gasteiger partial charge in [0.25, 0.3) is 0 Å². The summed E-state index contributed by atoms with van der Waals surface area (Å²) in [6.45, 7) is -0.287. The van der Waals surface area contributed by atoms with Crippen LogP contribution in [0.25, 0.3) is 0 Å². The maximum atomic E-state index is 12.2. The van der Waals surface area contributed by atoms with E-state index in [4.69, 9.17) is 16.3 Å². The normalized spacial score (nSPS) is 14.9. The average molecular weight is 358 g/mol. The lowest BCUT2D eigenvalue weighted by atomic mass is 9.84. The van der Waals surface area contributed by atoms with Crippen LogP contribution in [0.5, 0.6) is 0 Å². The van der Waals surface area contributed by atoms with Gasteiger partial charge in [0.2, 0.25) is 0 Å². The molecule has 0 spiro atoms. The number of halogens is 1. The second kappa shape index (κ2) is 8.26. The van der Waals surface area contributed by atoms with Crippen LogP contribution in [0.3, 0.4) is 0 Å². The Kier molecular flexibility index (Phi) is 5.82. The van der Waals surface area contributed by atoms with E-state index in [1.165, 1.54) is 56.0 Å². The van der Waals surface area contributed by atoms with Crippen molar-refractivity contribution in [2.24, 2.45) is 0 Å². The molecule has 3 rings (SSSR count). The maximum Gasteiger partial charge on any atom is 0.340 e. The molecule has 1 heterocycles. The fourth-order valence-corrected chi connectivity index (χ4v) is 3.28. The first-order chi connectivity index (χ1) is 12.1. The largest absolute Gasteiger partial charge is 0.454 e. The highest BCUT2D eigenvalue weighted by Crippen LogP contribution is 2.32. The minimum Gasteiger partial charge on any atom is -0.454 e. The number of carbonyl (C=O) groups excluding carboxylic acids is 2. The molecule has 0 saturated heterocycles. The molecule has 0 aliphatic heterocycles. The zero-order valence-electron chi connectivity index (χ0n) is 13.9. The predicted molar refractivity (Wildman–Crippen MR) is 96.1 cm³/mol. The standard InChI is InChI=1S/C20H20ClNO3/c21-19-11-10-17(12-22-19)20(24)25-13-18(23)16-8-6-15(7-9-16)14-4-2-1-3-5-14/h6-12,14H,1-5,13H2. The molecule has 25 heavy (non-hydrogen) atoms. The number of ketones is 1. The Morgan fingerprint density at radius 2 is 1.68 bits per heavy atom. The van der Waals surface area contributed by atoms with E-state index in [0.29, 0.717) is 16.6 Å². The Morgan fingerprint density at radius 3 is 2.32 bits per heavy atom. The van der Waals surface area contributed by atoms with E-state index in [0.717, 1.165) is 0 Å². The number of esters is 1. The molecule has 0 amide bonds. The van der Waals surface area contributed by atoms with Gasteiger partial charge in [-0.1, -0.05) is 55.1 Å². The minimum absolute atomic E-state index is 0.217. The lowest BCUT2D eigenvalue weighted by Crippen LogP contribution is -2.14. The third-order valence-electron chi connectivity index (χ3n) is 4.61. The summed E-state index contributed by atoms with van der Waals surface area (Å²) >= 11 is 5.68. The number of nitrogens with zero attached hydrogens (tertiary/aromatic N) is 1. The van der Waals surface area contributed by atoms with Gasteiger partial charge >= 0.3 is 5.97 Å². The summed E-state index contributed by atoms with van der Waals surface area (Å²) in [6.07, 6.45) is 7.65. The van der Waals surface area contributed by atoms with Crippen molar-refractivity contribution in [2.45, 2.75) is 38.0 Å². The van der Waals surface area contributed by atoms with Gasteiger partial charge in [-0.05, 0) is 36.5 Å². The summed E-state index contributed by atoms with van der Waals surface area (Å²) in [7, 11) is 0. The van der Waals surface area contributed by atoms with Crippen LogP contribution < -0.4 is 0 Å². The predicted octanol–water partition coefficient (Wildman–Crippen LogP) is 4.82. The first-order valence-corrected chi connectivity index (χ1v) is 8.93. The summed E-state index contributed by atoms with van der Waals surface area (Å²) in [5, 5.41) is 0.297. The number of rotatable bonds is 5. The number of carbonyl (C=O) groups is 2. The molecule has 1 fully saturated rings. The smallest absolute Gasteiger partial charge is 0.340 e. The fraction of sp³-hybridized carbons (Fsp3) is 0.350. The van der Waals surface area contributed by atoms with E-state index < -0.39 is 5.97 Å². The molecule has 1 aromatic carbocycles. The highest BCUT2D eigenvalue weighted by molar-refractivity contribution is 6.29. The van der Waals surface area contributed by atoms with Crippen LogP contribution in [0.2, 0.25) is 5.15 Å². The molecule has 1 saturated carbocycles. The van der Waals surface area contributed by atoms with Crippen molar-refractivity contribution >= 4 is 23.4 Å². The van der Waals surface area contributed by atoms with Gasteiger partial charge in [0.1, 0.15) is 5.15 Å². The van der Waals surface area contributed by atoms with Gasteiger partial charge in [0, 0.05) is 11.8 Å². The second-order valence-corrected chi connectivity index (χ2v) is 6.71. The molecule has 0 N–H and O–H groups in total. The average Bonchev–Trinajstić information content (AvgIpc) is 2.67. The molecular weight excluding hydrogens is 338 g/mol. The molecule has 0 radical (unpaired) electrons. The number of hydrogen-bond acceptors (Lipinski definition) is 4. The van der Waals surface area contributed by atoms with E-state index in [9.17, 15) is 9.59 Å². The number of aromatic nitrogens is 1. The molecule has 0 bridgehead atoms. The van der Waals surface area contributed by atoms with Crippen molar-refractivity contribution in [3.63, 3.8) is 0 Å². The molecule has 2 aromatic rings. The quantitative estimate of drug-likeness (QED) is 0.437. The molecule has 0 atom stereocenters. The Morgan fingerprint density at radius 1 is 1.00 bits per heavy atom. The highest BCUT2D eigenvalue weighted by Gasteiger charge is 2.16. The number of hydrogen-bond donors (Lipinski definition) is 0. The van der Waals surface area contributed by atoms with E-state index in [2.05, 4.69) is 4.98 Å². The Hall–Kier alpha value is -2.20. The van der Waals surface area contributed by atoms with Gasteiger partial charge in [0.05, 0.1) is 5.56 Å². The van der Waals surface area contributed by atoms with Crippen molar-refractivity contribution < 1.29 is 14.3 Å². The van der Waals surface area contributed by atoms with E-state index in [1.54, 1.807) is 0 Å². The zero-order valence-corrected chi connectivity index (χ0v) is 14.7. The van der Waals surface area contributed by atoms with Crippen molar-refractivity contribution in [3.8, 4) is 0 Å². The topological polar surface area (TPSA) is 56.3 Å². The van der Waals surface area contributed by atoms with E-state index in [1.807, 2.05) is 24.3 Å². The monoisotopic (exact) mass is 357 g/mol. The molecule has 1 aliphatic rings. The summed E-state index contributed by atoms with van der Waals surface area (Å²) in [4.78, 5) is 27.9. The lowest BCUT2D eigenvalue weighted by Gasteiger charge is -2.22. The molecule has 4 nitrogen and oxygen atoms in total. The van der Waals surface area contributed by atoms with Gasteiger partial charge in [-0.15, -0.1) is 0 Å². The number of pyridine rings is 1. The van der Waals surface area contributed by atoms with Crippen LogP contribution >= 0.6 is 11.6 Å². The summed E-state index contributed by atoms with van der Waals surface area (Å²) < 4.78 is 5.06. The van der Waals surface area contributed by atoms with Crippen molar-refractivity contribution in [1.29, 1.82) is 0 Å². The van der Waals surface area contributed by atoms with Crippen LogP contribution in [0.1, 0.15) is 64.3 Å². The number of benzene rings is 1. The Balaban J connectivity index is 1.55. The Bertz CT molecular complexity index is 735. The SMILES string of the molecule is O=C(COC(=O)c1ccc(Cl)nc1)c1ccc(C2CCCCC2)cc1. The van der Waals surface area contributed by atoms with Crippen molar-refractivity contribution in [2.75, 3.05) is 6.61 Å². The van der Waals surface area contributed by atoms with Crippen molar-refractivity contribution in [1.82, 2.24) is 4.98 Å². The van der Waals surface area contributed by atoms with Crippen LogP contribution in [-0.4, -0.2) is 23.3 Å². The second-order valence-electron chi connectivity index (χ2n) is 6.33. The maximum absolute atomic E-state index is 12.2. The van der Waals surface area contributed by atoms with Gasteiger partial charge in [0.15, 0.2) is 12.4 Å². The van der Waals surface area contributed by atoms with Crippen LogP contribution in [-0.2, 0) is 4.74 Å². The molecule has 130 valence electrons. The molecule has 0 unspecified atom stereocenters.